The third-order valence-corrected chi connectivity index (χ3v) is 4.68. The normalized spacial score (nSPS) is 18.7. The van der Waals surface area contributed by atoms with Gasteiger partial charge in [0.2, 0.25) is 5.91 Å². The second-order valence-electron chi connectivity index (χ2n) is 6.46. The average molecular weight is 332 g/mol. The van der Waals surface area contributed by atoms with E-state index in [0.717, 1.165) is 23.2 Å². The van der Waals surface area contributed by atoms with Crippen LogP contribution >= 0.6 is 0 Å². The van der Waals surface area contributed by atoms with Crippen LogP contribution in [0.5, 0.6) is 0 Å². The predicted molar refractivity (Wildman–Crippen MR) is 97.6 cm³/mol. The number of nitrogens with one attached hydrogen (secondary N) is 2. The van der Waals surface area contributed by atoms with Crippen LogP contribution in [0.1, 0.15) is 23.5 Å². The molecule has 1 fully saturated rings. The van der Waals surface area contributed by atoms with E-state index in [-0.39, 0.29) is 11.8 Å². The summed E-state index contributed by atoms with van der Waals surface area (Å²) in [5, 5.41) is 3.04. The second kappa shape index (κ2) is 6.43. The third-order valence-electron chi connectivity index (χ3n) is 4.68. The van der Waals surface area contributed by atoms with Crippen molar-refractivity contribution in [2.24, 2.45) is 5.92 Å². The van der Waals surface area contributed by atoms with Gasteiger partial charge in [-0.2, -0.15) is 0 Å². The molecular weight excluding hydrogens is 312 g/mol. The number of hydrogen-bond acceptors (Lipinski definition) is 3. The number of carbonyl (C=O) groups is 1. The fraction of sp³-hybridized carbons (Fsp3) is 0.200. The van der Waals surface area contributed by atoms with Crippen LogP contribution in [0.3, 0.4) is 0 Å². The summed E-state index contributed by atoms with van der Waals surface area (Å²) < 4.78 is 0. The largest absolute Gasteiger partial charge is 0.369 e. The van der Waals surface area contributed by atoms with Crippen LogP contribution in [0.25, 0.3) is 11.3 Å². The van der Waals surface area contributed by atoms with Crippen molar-refractivity contribution in [1.29, 1.82) is 0 Å². The van der Waals surface area contributed by atoms with Crippen molar-refractivity contribution < 1.29 is 4.79 Å². The summed E-state index contributed by atoms with van der Waals surface area (Å²) in [7, 11) is 0. The fourth-order valence-electron chi connectivity index (χ4n) is 3.16. The number of nitrogens with zero attached hydrogens (tertiary/aromatic N) is 1. The first-order chi connectivity index (χ1) is 12.2. The Morgan fingerprint density at radius 3 is 2.60 bits per heavy atom. The highest BCUT2D eigenvalue weighted by Gasteiger charge is 2.43. The molecule has 5 nitrogen and oxygen atoms in total. The van der Waals surface area contributed by atoms with E-state index in [2.05, 4.69) is 27.4 Å². The van der Waals surface area contributed by atoms with Gasteiger partial charge in [-0.3, -0.25) is 4.79 Å². The summed E-state index contributed by atoms with van der Waals surface area (Å²) in [6.07, 6.45) is 2.65. The van der Waals surface area contributed by atoms with Gasteiger partial charge in [0, 0.05) is 12.5 Å². The Kier molecular flexibility index (Phi) is 3.98. The van der Waals surface area contributed by atoms with E-state index in [1.54, 1.807) is 6.20 Å². The number of H-pyrrole nitrogens is 1. The van der Waals surface area contributed by atoms with Crippen LogP contribution in [0, 0.1) is 5.92 Å². The number of nitrogens with two attached hydrogens (primary N) is 1. The Labute approximate surface area is 146 Å². The number of imidazole rings is 1. The zero-order chi connectivity index (χ0) is 17.2. The number of rotatable bonds is 5. The number of anilines is 1. The zero-order valence-corrected chi connectivity index (χ0v) is 13.8. The average Bonchev–Trinajstić information content (AvgIpc) is 3.35. The Bertz CT molecular complexity index is 870. The molecule has 4 N–H and O–H groups in total. The van der Waals surface area contributed by atoms with Crippen LogP contribution in [0.15, 0.2) is 60.8 Å². The number of nitrogen functional groups attached to an aromatic ring is 1. The molecule has 0 aliphatic heterocycles. The SMILES string of the molecule is Nc1ncc(-c2ccc(CNC(=O)[C@H]3C[C@H]3c3ccccc3)cc2)[nH]1. The first-order valence-corrected chi connectivity index (χ1v) is 8.43. The smallest absolute Gasteiger partial charge is 0.224 e. The summed E-state index contributed by atoms with van der Waals surface area (Å²) in [4.78, 5) is 19.3. The molecule has 1 heterocycles. The molecule has 1 aliphatic rings. The molecule has 5 heteroatoms. The molecule has 4 rings (SSSR count). The standard InChI is InChI=1S/C20H20N4O/c21-20-23-12-18(24-20)15-8-6-13(7-9-15)11-22-19(25)17-10-16(17)14-4-2-1-3-5-14/h1-9,12,16-17H,10-11H2,(H,22,25)(H3,21,23,24)/t16-,17-/m0/s1. The molecule has 3 aromatic rings. The number of benzene rings is 2. The van der Waals surface area contributed by atoms with Gasteiger partial charge < -0.3 is 16.0 Å². The van der Waals surface area contributed by atoms with E-state index in [4.69, 9.17) is 5.73 Å². The van der Waals surface area contributed by atoms with E-state index in [9.17, 15) is 4.79 Å². The topological polar surface area (TPSA) is 83.8 Å². The van der Waals surface area contributed by atoms with Crippen molar-refractivity contribution in [2.75, 3.05) is 5.73 Å². The van der Waals surface area contributed by atoms with Crippen molar-refractivity contribution in [3.8, 4) is 11.3 Å². The predicted octanol–water partition coefficient (Wildman–Crippen LogP) is 3.08. The summed E-state index contributed by atoms with van der Waals surface area (Å²) in [5.41, 5.74) is 9.83. The van der Waals surface area contributed by atoms with E-state index in [0.29, 0.717) is 18.4 Å². The van der Waals surface area contributed by atoms with Crippen LogP contribution in [0.4, 0.5) is 5.95 Å². The van der Waals surface area contributed by atoms with Gasteiger partial charge in [-0.15, -0.1) is 0 Å². The van der Waals surface area contributed by atoms with Gasteiger partial charge in [0.1, 0.15) is 0 Å². The van der Waals surface area contributed by atoms with Gasteiger partial charge in [0.25, 0.3) is 0 Å². The van der Waals surface area contributed by atoms with E-state index < -0.39 is 0 Å². The highest BCUT2D eigenvalue weighted by molar-refractivity contribution is 5.82. The van der Waals surface area contributed by atoms with Gasteiger partial charge in [-0.05, 0) is 29.0 Å². The number of aromatic amines is 1. The van der Waals surface area contributed by atoms with Crippen molar-refractivity contribution >= 4 is 11.9 Å². The molecule has 25 heavy (non-hydrogen) atoms. The molecule has 0 unspecified atom stereocenters. The Balaban J connectivity index is 1.32. The summed E-state index contributed by atoms with van der Waals surface area (Å²) in [6.45, 7) is 0.544. The minimum Gasteiger partial charge on any atom is -0.369 e. The van der Waals surface area contributed by atoms with Crippen LogP contribution < -0.4 is 11.1 Å². The Morgan fingerprint density at radius 1 is 1.16 bits per heavy atom. The van der Waals surface area contributed by atoms with E-state index in [1.807, 2.05) is 42.5 Å². The maximum absolute atomic E-state index is 12.3. The molecule has 2 aromatic carbocycles. The molecule has 2 atom stereocenters. The lowest BCUT2D eigenvalue weighted by Crippen LogP contribution is -2.24. The number of carbonyl (C=O) groups excluding carboxylic acids is 1. The molecule has 1 aromatic heterocycles. The molecule has 0 radical (unpaired) electrons. The van der Waals surface area contributed by atoms with Gasteiger partial charge in [-0.1, -0.05) is 54.6 Å². The molecule has 0 spiro atoms. The molecule has 126 valence electrons. The molecule has 0 bridgehead atoms. The van der Waals surface area contributed by atoms with Crippen LogP contribution in [-0.4, -0.2) is 15.9 Å². The summed E-state index contributed by atoms with van der Waals surface area (Å²) in [6, 6.07) is 18.3. The maximum atomic E-state index is 12.3. The quantitative estimate of drug-likeness (QED) is 0.671. The highest BCUT2D eigenvalue weighted by atomic mass is 16.2. The van der Waals surface area contributed by atoms with Gasteiger partial charge in [0.05, 0.1) is 11.9 Å². The summed E-state index contributed by atoms with van der Waals surface area (Å²) in [5.74, 6) is 1.02. The molecule has 1 saturated carbocycles. The number of aromatic nitrogens is 2. The zero-order valence-electron chi connectivity index (χ0n) is 13.8. The minimum absolute atomic E-state index is 0.106. The van der Waals surface area contributed by atoms with Crippen LogP contribution in [0.2, 0.25) is 0 Å². The van der Waals surface area contributed by atoms with E-state index in [1.165, 1.54) is 5.56 Å². The third kappa shape index (κ3) is 3.40. The molecular formula is C20H20N4O. The lowest BCUT2D eigenvalue weighted by molar-refractivity contribution is -0.122. The highest BCUT2D eigenvalue weighted by Crippen LogP contribution is 2.47. The second-order valence-corrected chi connectivity index (χ2v) is 6.46. The first-order valence-electron chi connectivity index (χ1n) is 8.43. The summed E-state index contributed by atoms with van der Waals surface area (Å²) >= 11 is 0. The molecule has 1 aliphatic carbocycles. The lowest BCUT2D eigenvalue weighted by Gasteiger charge is -2.06. The van der Waals surface area contributed by atoms with E-state index >= 15 is 0 Å². The van der Waals surface area contributed by atoms with Crippen molar-refractivity contribution in [1.82, 2.24) is 15.3 Å². The van der Waals surface area contributed by atoms with Crippen molar-refractivity contribution in [3.05, 3.63) is 71.9 Å². The molecule has 0 saturated heterocycles. The number of hydrogen-bond donors (Lipinski definition) is 3. The minimum atomic E-state index is 0.106. The number of amides is 1. The Hall–Kier alpha value is -3.08. The lowest BCUT2D eigenvalue weighted by atomic mass is 10.1. The van der Waals surface area contributed by atoms with Gasteiger partial charge >= 0.3 is 0 Å². The monoisotopic (exact) mass is 332 g/mol. The maximum Gasteiger partial charge on any atom is 0.224 e. The van der Waals surface area contributed by atoms with Gasteiger partial charge in [0.15, 0.2) is 5.95 Å². The van der Waals surface area contributed by atoms with Crippen LogP contribution in [-0.2, 0) is 11.3 Å². The van der Waals surface area contributed by atoms with Crippen molar-refractivity contribution in [3.63, 3.8) is 0 Å². The van der Waals surface area contributed by atoms with Crippen molar-refractivity contribution in [2.45, 2.75) is 18.9 Å². The Morgan fingerprint density at radius 2 is 1.92 bits per heavy atom. The first kappa shape index (κ1) is 15.4. The fourth-order valence-corrected chi connectivity index (χ4v) is 3.16. The van der Waals surface area contributed by atoms with Gasteiger partial charge in [-0.25, -0.2) is 4.98 Å². The molecule has 1 amide bonds.